The molecule has 0 aliphatic carbocycles. The number of amides is 2. The van der Waals surface area contributed by atoms with E-state index in [2.05, 4.69) is 5.32 Å². The second kappa shape index (κ2) is 9.92. The van der Waals surface area contributed by atoms with Gasteiger partial charge in [0.1, 0.15) is 5.75 Å². The van der Waals surface area contributed by atoms with Gasteiger partial charge in [-0.15, -0.1) is 0 Å². The SMILES string of the molecule is COc1ccc(C2(C(=O)Nc3ccc4c(c3)CCC(=O)N4Cc3ccccc3)CCOCC2)cc1. The third-order valence-corrected chi connectivity index (χ3v) is 7.14. The Morgan fingerprint density at radius 3 is 2.46 bits per heavy atom. The summed E-state index contributed by atoms with van der Waals surface area (Å²) in [7, 11) is 1.64. The minimum absolute atomic E-state index is 0.0288. The van der Waals surface area contributed by atoms with Crippen molar-refractivity contribution in [2.45, 2.75) is 37.6 Å². The lowest BCUT2D eigenvalue weighted by molar-refractivity contribution is -0.125. The van der Waals surface area contributed by atoms with Crippen LogP contribution in [0.5, 0.6) is 5.75 Å². The van der Waals surface area contributed by atoms with Crippen molar-refractivity contribution in [1.29, 1.82) is 0 Å². The van der Waals surface area contributed by atoms with Gasteiger partial charge in [0.2, 0.25) is 11.8 Å². The highest BCUT2D eigenvalue weighted by Gasteiger charge is 2.42. The number of fused-ring (bicyclic) bond motifs is 1. The Bertz CT molecular complexity index is 1200. The summed E-state index contributed by atoms with van der Waals surface area (Å²) < 4.78 is 10.9. The number of carbonyl (C=O) groups excluding carboxylic acids is 2. The van der Waals surface area contributed by atoms with Gasteiger partial charge in [0.05, 0.1) is 19.1 Å². The van der Waals surface area contributed by atoms with Crippen LogP contribution in [0.3, 0.4) is 0 Å². The fourth-order valence-corrected chi connectivity index (χ4v) is 5.10. The molecule has 1 N–H and O–H groups in total. The standard InChI is InChI=1S/C29H30N2O4/c1-34-25-11-8-23(9-12-25)29(15-17-35-18-16-29)28(33)30-24-10-13-26-22(19-24)7-14-27(32)31(26)20-21-5-3-2-4-6-21/h2-6,8-13,19H,7,14-18,20H2,1H3,(H,30,33). The van der Waals surface area contributed by atoms with Gasteiger partial charge in [0, 0.05) is 31.0 Å². The number of anilines is 2. The highest BCUT2D eigenvalue weighted by Crippen LogP contribution is 2.38. The number of nitrogens with zero attached hydrogens (tertiary/aromatic N) is 1. The number of hydrogen-bond donors (Lipinski definition) is 1. The van der Waals surface area contributed by atoms with E-state index in [1.807, 2.05) is 77.7 Å². The van der Waals surface area contributed by atoms with Gasteiger partial charge in [-0.05, 0) is 66.3 Å². The summed E-state index contributed by atoms with van der Waals surface area (Å²) >= 11 is 0. The predicted octanol–water partition coefficient (Wildman–Crippen LogP) is 4.86. The van der Waals surface area contributed by atoms with E-state index >= 15 is 0 Å². The highest BCUT2D eigenvalue weighted by molar-refractivity contribution is 6.01. The van der Waals surface area contributed by atoms with E-state index in [1.54, 1.807) is 7.11 Å². The number of methoxy groups -OCH3 is 1. The predicted molar refractivity (Wildman–Crippen MR) is 136 cm³/mol. The zero-order chi connectivity index (χ0) is 24.3. The molecule has 0 spiro atoms. The monoisotopic (exact) mass is 470 g/mol. The van der Waals surface area contributed by atoms with E-state index < -0.39 is 5.41 Å². The molecule has 1 saturated heterocycles. The Kier molecular flexibility index (Phi) is 6.55. The van der Waals surface area contributed by atoms with E-state index in [-0.39, 0.29) is 11.8 Å². The molecule has 2 amide bonds. The highest BCUT2D eigenvalue weighted by atomic mass is 16.5. The second-order valence-corrected chi connectivity index (χ2v) is 9.19. The van der Waals surface area contributed by atoms with Gasteiger partial charge < -0.3 is 19.7 Å². The van der Waals surface area contributed by atoms with Crippen molar-refractivity contribution in [3.63, 3.8) is 0 Å². The number of aryl methyl sites for hydroxylation is 1. The van der Waals surface area contributed by atoms with Crippen LogP contribution < -0.4 is 15.0 Å². The van der Waals surface area contributed by atoms with Crippen molar-refractivity contribution in [1.82, 2.24) is 0 Å². The molecule has 35 heavy (non-hydrogen) atoms. The summed E-state index contributed by atoms with van der Waals surface area (Å²) in [5.74, 6) is 0.860. The summed E-state index contributed by atoms with van der Waals surface area (Å²) in [4.78, 5) is 28.3. The average Bonchev–Trinajstić information content (AvgIpc) is 2.91. The number of ether oxygens (including phenoxy) is 2. The largest absolute Gasteiger partial charge is 0.497 e. The third kappa shape index (κ3) is 4.66. The number of nitrogens with one attached hydrogen (secondary N) is 1. The molecule has 3 aromatic rings. The van der Waals surface area contributed by atoms with Gasteiger partial charge in [0.15, 0.2) is 0 Å². The Labute approximate surface area is 205 Å². The minimum atomic E-state index is -0.657. The summed E-state index contributed by atoms with van der Waals surface area (Å²) in [5, 5.41) is 3.18. The molecule has 5 rings (SSSR count). The van der Waals surface area contributed by atoms with Crippen LogP contribution >= 0.6 is 0 Å². The molecule has 6 nitrogen and oxygen atoms in total. The van der Waals surface area contributed by atoms with Crippen LogP contribution in [0.2, 0.25) is 0 Å². The van der Waals surface area contributed by atoms with Crippen molar-refractivity contribution in [3.8, 4) is 5.75 Å². The average molecular weight is 471 g/mol. The fourth-order valence-electron chi connectivity index (χ4n) is 5.10. The molecule has 3 aromatic carbocycles. The minimum Gasteiger partial charge on any atom is -0.497 e. The van der Waals surface area contributed by atoms with Crippen molar-refractivity contribution in [2.24, 2.45) is 0 Å². The van der Waals surface area contributed by atoms with Crippen LogP contribution in [-0.2, 0) is 32.7 Å². The van der Waals surface area contributed by atoms with Crippen molar-refractivity contribution < 1.29 is 19.1 Å². The maximum atomic E-state index is 13.7. The van der Waals surface area contributed by atoms with Gasteiger partial charge in [-0.1, -0.05) is 42.5 Å². The first-order valence-corrected chi connectivity index (χ1v) is 12.1. The maximum Gasteiger partial charge on any atom is 0.235 e. The molecule has 0 atom stereocenters. The lowest BCUT2D eigenvalue weighted by Gasteiger charge is -2.36. The lowest BCUT2D eigenvalue weighted by atomic mass is 9.73. The van der Waals surface area contributed by atoms with Gasteiger partial charge in [0.25, 0.3) is 0 Å². The first-order chi connectivity index (χ1) is 17.1. The number of carbonyl (C=O) groups is 2. The Hall–Kier alpha value is -3.64. The van der Waals surface area contributed by atoms with Crippen LogP contribution in [0.1, 0.15) is 36.0 Å². The van der Waals surface area contributed by atoms with Gasteiger partial charge >= 0.3 is 0 Å². The molecule has 0 radical (unpaired) electrons. The number of benzene rings is 3. The van der Waals surface area contributed by atoms with Crippen LogP contribution in [0.25, 0.3) is 0 Å². The fraction of sp³-hybridized carbons (Fsp3) is 0.310. The number of rotatable bonds is 6. The first kappa shape index (κ1) is 23.1. The first-order valence-electron chi connectivity index (χ1n) is 12.1. The molecule has 0 unspecified atom stereocenters. The van der Waals surface area contributed by atoms with Crippen molar-refractivity contribution in [3.05, 3.63) is 89.5 Å². The zero-order valence-corrected chi connectivity index (χ0v) is 20.0. The second-order valence-electron chi connectivity index (χ2n) is 9.19. The normalized spacial score (nSPS) is 16.9. The Morgan fingerprint density at radius 2 is 1.74 bits per heavy atom. The smallest absolute Gasteiger partial charge is 0.235 e. The zero-order valence-electron chi connectivity index (χ0n) is 20.0. The maximum absolute atomic E-state index is 13.7. The van der Waals surface area contributed by atoms with Crippen molar-refractivity contribution >= 4 is 23.2 Å². The molecule has 1 fully saturated rings. The summed E-state index contributed by atoms with van der Waals surface area (Å²) in [5.41, 5.74) is 4.14. The summed E-state index contributed by atoms with van der Waals surface area (Å²) in [6.45, 7) is 1.62. The molecular formula is C29H30N2O4. The lowest BCUT2D eigenvalue weighted by Crippen LogP contribution is -2.44. The van der Waals surface area contributed by atoms with E-state index in [0.29, 0.717) is 45.4 Å². The Balaban J connectivity index is 1.39. The van der Waals surface area contributed by atoms with E-state index in [4.69, 9.17) is 9.47 Å². The van der Waals surface area contributed by atoms with Gasteiger partial charge in [-0.3, -0.25) is 9.59 Å². The third-order valence-electron chi connectivity index (χ3n) is 7.14. The summed E-state index contributed by atoms with van der Waals surface area (Å²) in [6.07, 6.45) is 2.37. The molecule has 180 valence electrons. The van der Waals surface area contributed by atoms with Gasteiger partial charge in [-0.2, -0.15) is 0 Å². The number of hydrogen-bond acceptors (Lipinski definition) is 4. The van der Waals surface area contributed by atoms with Gasteiger partial charge in [-0.25, -0.2) is 0 Å². The topological polar surface area (TPSA) is 67.9 Å². The van der Waals surface area contributed by atoms with Crippen LogP contribution in [0.15, 0.2) is 72.8 Å². The molecule has 2 aliphatic rings. The molecule has 0 saturated carbocycles. The molecule has 2 heterocycles. The quantitative estimate of drug-likeness (QED) is 0.559. The molecule has 0 aromatic heterocycles. The molecular weight excluding hydrogens is 440 g/mol. The molecule has 0 bridgehead atoms. The molecule has 2 aliphatic heterocycles. The van der Waals surface area contributed by atoms with Crippen LogP contribution in [0.4, 0.5) is 11.4 Å². The van der Waals surface area contributed by atoms with Crippen LogP contribution in [0, 0.1) is 0 Å². The van der Waals surface area contributed by atoms with Crippen molar-refractivity contribution in [2.75, 3.05) is 30.5 Å². The van der Waals surface area contributed by atoms with E-state index in [9.17, 15) is 9.59 Å². The molecule has 6 heteroatoms. The Morgan fingerprint density at radius 1 is 1.00 bits per heavy atom. The summed E-state index contributed by atoms with van der Waals surface area (Å²) in [6, 6.07) is 23.6. The van der Waals surface area contributed by atoms with E-state index in [1.165, 1.54) is 0 Å². The van der Waals surface area contributed by atoms with E-state index in [0.717, 1.165) is 33.8 Å². The van der Waals surface area contributed by atoms with Crippen LogP contribution in [-0.4, -0.2) is 32.1 Å².